The largest absolute Gasteiger partial charge is 0.492 e. The third-order valence-electron chi connectivity index (χ3n) is 5.35. The fraction of sp³-hybridized carbons (Fsp3) is 0.292. The van der Waals surface area contributed by atoms with Gasteiger partial charge in [-0.25, -0.2) is 4.98 Å². The van der Waals surface area contributed by atoms with E-state index in [-0.39, 0.29) is 5.91 Å². The van der Waals surface area contributed by atoms with E-state index in [0.717, 1.165) is 44.2 Å². The molecule has 1 aromatic heterocycles. The van der Waals surface area contributed by atoms with E-state index in [1.807, 2.05) is 59.2 Å². The molecule has 0 radical (unpaired) electrons. The van der Waals surface area contributed by atoms with Crippen molar-refractivity contribution in [3.63, 3.8) is 0 Å². The van der Waals surface area contributed by atoms with Crippen molar-refractivity contribution in [2.45, 2.75) is 19.5 Å². The van der Waals surface area contributed by atoms with Crippen LogP contribution in [0.15, 0.2) is 60.8 Å². The van der Waals surface area contributed by atoms with Crippen molar-refractivity contribution in [2.24, 2.45) is 0 Å². The molecular formula is C24H25N5O2. The maximum atomic E-state index is 12.7. The van der Waals surface area contributed by atoms with Crippen LogP contribution in [0.3, 0.4) is 0 Å². The number of rotatable bonds is 7. The van der Waals surface area contributed by atoms with Gasteiger partial charge in [0.15, 0.2) is 0 Å². The molecule has 0 aliphatic carbocycles. The summed E-state index contributed by atoms with van der Waals surface area (Å²) >= 11 is 0. The molecule has 0 bridgehead atoms. The molecule has 0 saturated heterocycles. The summed E-state index contributed by atoms with van der Waals surface area (Å²) < 4.78 is 7.65. The van der Waals surface area contributed by atoms with Gasteiger partial charge in [0.1, 0.15) is 23.9 Å². The Kier molecular flexibility index (Phi) is 6.60. The molecule has 0 saturated carbocycles. The fourth-order valence-electron chi connectivity index (χ4n) is 3.70. The van der Waals surface area contributed by atoms with Crippen LogP contribution in [0.5, 0.6) is 5.75 Å². The van der Waals surface area contributed by atoms with E-state index in [0.29, 0.717) is 24.4 Å². The average Bonchev–Trinajstić information content (AvgIpc) is 3.12. The topological polar surface area (TPSA) is 83.2 Å². The summed E-state index contributed by atoms with van der Waals surface area (Å²) in [5, 5.41) is 11.9. The van der Waals surface area contributed by atoms with Crippen LogP contribution in [-0.2, 0) is 19.5 Å². The molecule has 3 aromatic rings. The van der Waals surface area contributed by atoms with Gasteiger partial charge in [0.2, 0.25) is 0 Å². The average molecular weight is 415 g/mol. The fourth-order valence-corrected chi connectivity index (χ4v) is 3.70. The van der Waals surface area contributed by atoms with Gasteiger partial charge in [0, 0.05) is 32.6 Å². The van der Waals surface area contributed by atoms with Gasteiger partial charge in [-0.1, -0.05) is 30.3 Å². The minimum Gasteiger partial charge on any atom is -0.492 e. The van der Waals surface area contributed by atoms with E-state index in [9.17, 15) is 4.79 Å². The zero-order valence-electron chi connectivity index (χ0n) is 17.3. The van der Waals surface area contributed by atoms with Crippen molar-refractivity contribution in [2.75, 3.05) is 26.2 Å². The number of hydrogen-bond acceptors (Lipinski definition) is 5. The summed E-state index contributed by atoms with van der Waals surface area (Å²) in [6.07, 6.45) is 2.46. The van der Waals surface area contributed by atoms with Gasteiger partial charge >= 0.3 is 0 Å². The highest BCUT2D eigenvalue weighted by Gasteiger charge is 2.20. The lowest BCUT2D eigenvalue weighted by Gasteiger charge is -2.19. The Bertz CT molecular complexity index is 1050. The second-order valence-corrected chi connectivity index (χ2v) is 7.46. The number of nitriles is 1. The van der Waals surface area contributed by atoms with E-state index >= 15 is 0 Å². The molecule has 158 valence electrons. The Labute approximate surface area is 181 Å². The zero-order valence-corrected chi connectivity index (χ0v) is 17.3. The number of carbonyl (C=O) groups is 1. The normalized spacial score (nSPS) is 13.6. The SMILES string of the molecule is N#Cc1ccc(CN2CCc3ncc(C(=O)NCCOc4ccccc4)n3CC2)cc1. The Morgan fingerprint density at radius 1 is 1.10 bits per heavy atom. The van der Waals surface area contributed by atoms with Crippen LogP contribution in [-0.4, -0.2) is 46.6 Å². The van der Waals surface area contributed by atoms with E-state index in [1.165, 1.54) is 5.56 Å². The monoisotopic (exact) mass is 415 g/mol. The first-order chi connectivity index (χ1) is 15.2. The quantitative estimate of drug-likeness (QED) is 0.600. The number of benzene rings is 2. The van der Waals surface area contributed by atoms with Crippen molar-refractivity contribution in [3.8, 4) is 11.8 Å². The van der Waals surface area contributed by atoms with Crippen LogP contribution >= 0.6 is 0 Å². The predicted molar refractivity (Wildman–Crippen MR) is 117 cm³/mol. The summed E-state index contributed by atoms with van der Waals surface area (Å²) in [5.41, 5.74) is 2.44. The smallest absolute Gasteiger partial charge is 0.269 e. The molecular weight excluding hydrogens is 390 g/mol. The maximum absolute atomic E-state index is 12.7. The van der Waals surface area contributed by atoms with E-state index in [2.05, 4.69) is 21.3 Å². The highest BCUT2D eigenvalue weighted by molar-refractivity contribution is 5.92. The Morgan fingerprint density at radius 3 is 2.68 bits per heavy atom. The third-order valence-corrected chi connectivity index (χ3v) is 5.35. The number of nitrogens with one attached hydrogen (secondary N) is 1. The van der Waals surface area contributed by atoms with Crippen molar-refractivity contribution in [3.05, 3.63) is 83.4 Å². The number of nitrogens with zero attached hydrogens (tertiary/aromatic N) is 4. The number of imidazole rings is 1. The van der Waals surface area contributed by atoms with Gasteiger partial charge in [-0.2, -0.15) is 5.26 Å². The Hall–Kier alpha value is -3.63. The number of aromatic nitrogens is 2. The summed E-state index contributed by atoms with van der Waals surface area (Å²) in [5.74, 6) is 1.60. The highest BCUT2D eigenvalue weighted by Crippen LogP contribution is 2.15. The molecule has 1 N–H and O–H groups in total. The lowest BCUT2D eigenvalue weighted by molar-refractivity contribution is 0.0937. The number of para-hydroxylation sites is 1. The molecule has 2 heterocycles. The third kappa shape index (κ3) is 5.30. The summed E-state index contributed by atoms with van der Waals surface area (Å²) in [7, 11) is 0. The molecule has 1 aliphatic heterocycles. The van der Waals surface area contributed by atoms with Gasteiger partial charge in [0.25, 0.3) is 5.91 Å². The van der Waals surface area contributed by atoms with Crippen LogP contribution in [0.1, 0.15) is 27.4 Å². The van der Waals surface area contributed by atoms with Gasteiger partial charge in [-0.15, -0.1) is 0 Å². The first-order valence-corrected chi connectivity index (χ1v) is 10.4. The molecule has 1 amide bonds. The standard InChI is InChI=1S/C24H25N5O2/c25-16-19-6-8-20(9-7-19)18-28-12-10-23-27-17-22(29(23)14-13-28)24(30)26-11-15-31-21-4-2-1-3-5-21/h1-9,17H,10-15,18H2,(H,26,30). The zero-order chi connectivity index (χ0) is 21.5. The highest BCUT2D eigenvalue weighted by atomic mass is 16.5. The second-order valence-electron chi connectivity index (χ2n) is 7.46. The number of amides is 1. The number of hydrogen-bond donors (Lipinski definition) is 1. The van der Waals surface area contributed by atoms with Crippen LogP contribution in [0, 0.1) is 11.3 Å². The lowest BCUT2D eigenvalue weighted by atomic mass is 10.1. The Morgan fingerprint density at radius 2 is 1.90 bits per heavy atom. The van der Waals surface area contributed by atoms with Gasteiger partial charge in [0.05, 0.1) is 24.4 Å². The number of carbonyl (C=O) groups excluding carboxylic acids is 1. The van der Waals surface area contributed by atoms with Crippen LogP contribution < -0.4 is 10.1 Å². The summed E-state index contributed by atoms with van der Waals surface area (Å²) in [6, 6.07) is 19.4. The molecule has 0 fully saturated rings. The maximum Gasteiger partial charge on any atom is 0.269 e. The van der Waals surface area contributed by atoms with Crippen molar-refractivity contribution in [1.29, 1.82) is 5.26 Å². The first-order valence-electron chi connectivity index (χ1n) is 10.4. The van der Waals surface area contributed by atoms with Crippen molar-refractivity contribution in [1.82, 2.24) is 19.8 Å². The van der Waals surface area contributed by atoms with Gasteiger partial charge < -0.3 is 14.6 Å². The molecule has 0 atom stereocenters. The molecule has 0 unspecified atom stereocenters. The summed E-state index contributed by atoms with van der Waals surface area (Å²) in [4.78, 5) is 19.5. The number of fused-ring (bicyclic) bond motifs is 1. The molecule has 4 rings (SSSR count). The van der Waals surface area contributed by atoms with Crippen molar-refractivity contribution >= 4 is 5.91 Å². The summed E-state index contributed by atoms with van der Waals surface area (Å²) in [6.45, 7) is 4.09. The first kappa shape index (κ1) is 20.6. The Balaban J connectivity index is 1.29. The van der Waals surface area contributed by atoms with Crippen LogP contribution in [0.4, 0.5) is 0 Å². The lowest BCUT2D eigenvalue weighted by Crippen LogP contribution is -2.31. The van der Waals surface area contributed by atoms with Crippen molar-refractivity contribution < 1.29 is 9.53 Å². The van der Waals surface area contributed by atoms with Crippen LogP contribution in [0.2, 0.25) is 0 Å². The van der Waals surface area contributed by atoms with Crippen LogP contribution in [0.25, 0.3) is 0 Å². The minimum atomic E-state index is -0.129. The predicted octanol–water partition coefficient (Wildman–Crippen LogP) is 2.62. The van der Waals surface area contributed by atoms with Gasteiger partial charge in [-0.05, 0) is 29.8 Å². The molecule has 7 heteroatoms. The molecule has 0 spiro atoms. The van der Waals surface area contributed by atoms with E-state index in [1.54, 1.807) is 6.20 Å². The van der Waals surface area contributed by atoms with E-state index in [4.69, 9.17) is 10.00 Å². The molecule has 1 aliphatic rings. The molecule has 7 nitrogen and oxygen atoms in total. The van der Waals surface area contributed by atoms with E-state index < -0.39 is 0 Å². The number of ether oxygens (including phenoxy) is 1. The minimum absolute atomic E-state index is 0.129. The second kappa shape index (κ2) is 9.92. The molecule has 2 aromatic carbocycles. The molecule has 31 heavy (non-hydrogen) atoms. The van der Waals surface area contributed by atoms with Gasteiger partial charge in [-0.3, -0.25) is 9.69 Å².